The van der Waals surface area contributed by atoms with E-state index in [0.29, 0.717) is 18.0 Å². The average Bonchev–Trinajstić information content (AvgIpc) is 2.88. The molecule has 1 unspecified atom stereocenters. The van der Waals surface area contributed by atoms with Crippen LogP contribution in [0.3, 0.4) is 0 Å². The van der Waals surface area contributed by atoms with Crippen molar-refractivity contribution in [3.05, 3.63) is 71.8 Å². The summed E-state index contributed by atoms with van der Waals surface area (Å²) in [5.41, 5.74) is 2.47. The summed E-state index contributed by atoms with van der Waals surface area (Å²) in [6.07, 6.45) is 0.748. The first-order valence-corrected chi connectivity index (χ1v) is 12.0. The molecule has 34 heavy (non-hydrogen) atoms. The van der Waals surface area contributed by atoms with E-state index in [4.69, 9.17) is 9.47 Å². The first-order chi connectivity index (χ1) is 16.6. The van der Waals surface area contributed by atoms with Gasteiger partial charge >= 0.3 is 0 Å². The maximum Gasteiger partial charge on any atom is 0.237 e. The van der Waals surface area contributed by atoms with Gasteiger partial charge in [0, 0.05) is 39.3 Å². The molecule has 180 valence electrons. The van der Waals surface area contributed by atoms with Crippen LogP contribution >= 0.6 is 0 Å². The maximum atomic E-state index is 12.8. The molecule has 0 radical (unpaired) electrons. The van der Waals surface area contributed by atoms with Gasteiger partial charge in [-0.3, -0.25) is 14.6 Å². The molecule has 0 aromatic heterocycles. The Morgan fingerprint density at radius 3 is 2.44 bits per heavy atom. The smallest absolute Gasteiger partial charge is 0.237 e. The molecule has 1 N–H and O–H groups in total. The second-order valence-electron chi connectivity index (χ2n) is 8.86. The predicted octanol–water partition coefficient (Wildman–Crippen LogP) is 3.72. The molecule has 6 heteroatoms. The lowest BCUT2D eigenvalue weighted by molar-refractivity contribution is -0.126. The van der Waals surface area contributed by atoms with Gasteiger partial charge in [-0.25, -0.2) is 0 Å². The number of nitrogens with zero attached hydrogens (tertiary/aromatic N) is 2. The number of fused-ring (bicyclic) bond motifs is 1. The van der Waals surface area contributed by atoms with E-state index in [0.717, 1.165) is 44.7 Å². The van der Waals surface area contributed by atoms with Crippen LogP contribution in [0.1, 0.15) is 18.1 Å². The summed E-state index contributed by atoms with van der Waals surface area (Å²) in [4.78, 5) is 17.5. The average molecular weight is 462 g/mol. The van der Waals surface area contributed by atoms with Crippen molar-refractivity contribution in [3.63, 3.8) is 0 Å². The van der Waals surface area contributed by atoms with E-state index in [1.165, 1.54) is 16.3 Å². The van der Waals surface area contributed by atoms with Gasteiger partial charge in [-0.15, -0.1) is 0 Å². The van der Waals surface area contributed by atoms with Crippen molar-refractivity contribution in [1.29, 1.82) is 0 Å². The van der Waals surface area contributed by atoms with Gasteiger partial charge in [0.25, 0.3) is 0 Å². The molecule has 0 bridgehead atoms. The molecule has 0 aliphatic carbocycles. The minimum Gasteiger partial charge on any atom is -0.493 e. The van der Waals surface area contributed by atoms with Crippen LogP contribution in [-0.4, -0.2) is 68.7 Å². The van der Waals surface area contributed by atoms with Crippen LogP contribution in [0.2, 0.25) is 0 Å². The second kappa shape index (κ2) is 11.4. The topological polar surface area (TPSA) is 54.0 Å². The van der Waals surface area contributed by atoms with Crippen LogP contribution in [0.5, 0.6) is 11.5 Å². The third kappa shape index (κ3) is 5.69. The lowest BCUT2D eigenvalue weighted by atomic mass is 10.0. The zero-order chi connectivity index (χ0) is 23.9. The third-order valence-electron chi connectivity index (χ3n) is 6.77. The summed E-state index contributed by atoms with van der Waals surface area (Å²) in [6.45, 7) is 7.27. The van der Waals surface area contributed by atoms with Crippen LogP contribution in [0.15, 0.2) is 60.7 Å². The highest BCUT2D eigenvalue weighted by molar-refractivity contribution is 5.85. The summed E-state index contributed by atoms with van der Waals surface area (Å²) < 4.78 is 10.7. The van der Waals surface area contributed by atoms with E-state index in [9.17, 15) is 4.79 Å². The Morgan fingerprint density at radius 1 is 0.941 bits per heavy atom. The largest absolute Gasteiger partial charge is 0.493 e. The highest BCUT2D eigenvalue weighted by Crippen LogP contribution is 2.27. The minimum absolute atomic E-state index is 0.0861. The fourth-order valence-corrected chi connectivity index (χ4v) is 4.66. The number of methoxy groups -OCH3 is 2. The van der Waals surface area contributed by atoms with E-state index >= 15 is 0 Å². The summed E-state index contributed by atoms with van der Waals surface area (Å²) >= 11 is 0. The SMILES string of the molecule is COc1ccc(CCNC(=O)C(C)N2CCN(Cc3cccc4ccccc34)CC2)cc1OC. The van der Waals surface area contributed by atoms with Gasteiger partial charge in [-0.1, -0.05) is 48.5 Å². The number of carbonyl (C=O) groups excluding carboxylic acids is 1. The number of rotatable bonds is 9. The number of hydrogen-bond acceptors (Lipinski definition) is 5. The number of carbonyl (C=O) groups is 1. The highest BCUT2D eigenvalue weighted by atomic mass is 16.5. The van der Waals surface area contributed by atoms with Crippen molar-refractivity contribution in [3.8, 4) is 11.5 Å². The molecule has 1 heterocycles. The van der Waals surface area contributed by atoms with Crippen LogP contribution in [0.4, 0.5) is 0 Å². The summed E-state index contributed by atoms with van der Waals surface area (Å²) in [5.74, 6) is 1.51. The molecule has 4 rings (SSSR count). The van der Waals surface area contributed by atoms with E-state index in [2.05, 4.69) is 57.6 Å². The van der Waals surface area contributed by atoms with E-state index in [-0.39, 0.29) is 11.9 Å². The maximum absolute atomic E-state index is 12.8. The number of benzene rings is 3. The minimum atomic E-state index is -0.134. The Bertz CT molecular complexity index is 1100. The number of nitrogens with one attached hydrogen (secondary N) is 1. The Labute approximate surface area is 202 Å². The summed E-state index contributed by atoms with van der Waals surface area (Å²) in [6, 6.07) is 20.8. The van der Waals surface area contributed by atoms with Gasteiger partial charge in [0.05, 0.1) is 20.3 Å². The monoisotopic (exact) mass is 461 g/mol. The van der Waals surface area contributed by atoms with Crippen LogP contribution in [-0.2, 0) is 17.8 Å². The molecule has 1 aliphatic rings. The molecule has 1 aliphatic heterocycles. The zero-order valence-corrected chi connectivity index (χ0v) is 20.4. The first-order valence-electron chi connectivity index (χ1n) is 12.0. The fraction of sp³-hybridized carbons (Fsp3) is 0.393. The molecule has 1 fully saturated rings. The molecule has 0 spiro atoms. The molecular formula is C28H35N3O3. The number of hydrogen-bond donors (Lipinski definition) is 1. The number of piperazine rings is 1. The van der Waals surface area contributed by atoms with E-state index in [1.54, 1.807) is 14.2 Å². The lowest BCUT2D eigenvalue weighted by Crippen LogP contribution is -2.53. The fourth-order valence-electron chi connectivity index (χ4n) is 4.66. The van der Waals surface area contributed by atoms with Gasteiger partial charge in [-0.2, -0.15) is 0 Å². The van der Waals surface area contributed by atoms with Gasteiger partial charge < -0.3 is 14.8 Å². The van der Waals surface area contributed by atoms with Gasteiger partial charge in [0.15, 0.2) is 11.5 Å². The lowest BCUT2D eigenvalue weighted by Gasteiger charge is -2.37. The van der Waals surface area contributed by atoms with Crippen LogP contribution in [0, 0.1) is 0 Å². The normalized spacial score (nSPS) is 15.7. The Morgan fingerprint density at radius 2 is 1.68 bits per heavy atom. The predicted molar refractivity (Wildman–Crippen MR) is 137 cm³/mol. The molecule has 0 saturated carbocycles. The molecule has 3 aromatic carbocycles. The van der Waals surface area contributed by atoms with Crippen molar-refractivity contribution in [1.82, 2.24) is 15.1 Å². The van der Waals surface area contributed by atoms with Crippen molar-refractivity contribution in [2.45, 2.75) is 25.9 Å². The van der Waals surface area contributed by atoms with Gasteiger partial charge in [-0.05, 0) is 47.4 Å². The number of amides is 1. The highest BCUT2D eigenvalue weighted by Gasteiger charge is 2.25. The zero-order valence-electron chi connectivity index (χ0n) is 20.4. The molecule has 1 saturated heterocycles. The second-order valence-corrected chi connectivity index (χ2v) is 8.86. The Kier molecular flexibility index (Phi) is 8.03. The molecule has 1 amide bonds. The standard InChI is InChI=1S/C28H35N3O3/c1-21(28(32)29-14-13-22-11-12-26(33-2)27(19-22)34-3)31-17-15-30(16-18-31)20-24-9-6-8-23-7-4-5-10-25(23)24/h4-12,19,21H,13-18,20H2,1-3H3,(H,29,32). The Hall–Kier alpha value is -3.09. The first kappa shape index (κ1) is 24.0. The van der Waals surface area contributed by atoms with E-state index < -0.39 is 0 Å². The molecule has 3 aromatic rings. The van der Waals surface area contributed by atoms with Crippen LogP contribution < -0.4 is 14.8 Å². The summed E-state index contributed by atoms with van der Waals surface area (Å²) in [7, 11) is 3.26. The van der Waals surface area contributed by atoms with Gasteiger partial charge in [0.1, 0.15) is 0 Å². The molecule has 6 nitrogen and oxygen atoms in total. The number of ether oxygens (including phenoxy) is 2. The van der Waals surface area contributed by atoms with E-state index in [1.807, 2.05) is 25.1 Å². The van der Waals surface area contributed by atoms with Crippen molar-refractivity contribution >= 4 is 16.7 Å². The van der Waals surface area contributed by atoms with Crippen molar-refractivity contribution in [2.75, 3.05) is 46.9 Å². The Balaban J connectivity index is 1.24. The molecular weight excluding hydrogens is 426 g/mol. The summed E-state index contributed by atoms with van der Waals surface area (Å²) in [5, 5.41) is 5.72. The molecule has 1 atom stereocenters. The van der Waals surface area contributed by atoms with Crippen molar-refractivity contribution in [2.24, 2.45) is 0 Å². The quantitative estimate of drug-likeness (QED) is 0.526. The van der Waals surface area contributed by atoms with Gasteiger partial charge in [0.2, 0.25) is 5.91 Å². The third-order valence-corrected chi connectivity index (χ3v) is 6.77. The van der Waals surface area contributed by atoms with Crippen LogP contribution in [0.25, 0.3) is 10.8 Å². The van der Waals surface area contributed by atoms with Crippen molar-refractivity contribution < 1.29 is 14.3 Å².